The van der Waals surface area contributed by atoms with E-state index in [-0.39, 0.29) is 6.07 Å². The Morgan fingerprint density at radius 1 is 1.38 bits per heavy atom. The highest BCUT2D eigenvalue weighted by molar-refractivity contribution is 5.43. The second-order valence-electron chi connectivity index (χ2n) is 2.75. The number of aromatic nitrogens is 1. The van der Waals surface area contributed by atoms with Gasteiger partial charge >= 0.3 is 6.18 Å². The summed E-state index contributed by atoms with van der Waals surface area (Å²) in [5.74, 6) is -1.98. The highest BCUT2D eigenvalue weighted by atomic mass is 19.4. The van der Waals surface area contributed by atoms with E-state index in [1.165, 1.54) is 0 Å². The van der Waals surface area contributed by atoms with Crippen LogP contribution in [0.3, 0.4) is 0 Å². The molecule has 0 aliphatic heterocycles. The molecular formula is C8H6F5NO2. The average molecular weight is 243 g/mol. The molecule has 0 unspecified atom stereocenters. The zero-order chi connectivity index (χ0) is 12.5. The highest BCUT2D eigenvalue weighted by Gasteiger charge is 2.35. The van der Waals surface area contributed by atoms with Gasteiger partial charge in [-0.1, -0.05) is 0 Å². The molecule has 1 aromatic rings. The normalized spacial score (nSPS) is 11.9. The summed E-state index contributed by atoms with van der Waals surface area (Å²) in [5, 5.41) is 9.11. The Balaban J connectivity index is 3.40. The quantitative estimate of drug-likeness (QED) is 0.812. The monoisotopic (exact) mass is 243 g/mol. The van der Waals surface area contributed by atoms with Crippen molar-refractivity contribution < 1.29 is 31.8 Å². The number of aromatic hydroxyl groups is 1. The molecule has 0 aromatic carbocycles. The van der Waals surface area contributed by atoms with Crippen LogP contribution in [0.1, 0.15) is 17.7 Å². The number of methoxy groups -OCH3 is 1. The molecule has 0 aliphatic rings. The first-order valence-electron chi connectivity index (χ1n) is 3.90. The molecule has 90 valence electrons. The maximum Gasteiger partial charge on any atom is 0.433 e. The van der Waals surface area contributed by atoms with Gasteiger partial charge in [0.25, 0.3) is 12.3 Å². The molecule has 0 atom stereocenters. The Morgan fingerprint density at radius 2 is 1.94 bits per heavy atom. The van der Waals surface area contributed by atoms with Crippen LogP contribution in [0, 0.1) is 0 Å². The minimum Gasteiger partial charge on any atom is -0.503 e. The average Bonchev–Trinajstić information content (AvgIpc) is 2.15. The van der Waals surface area contributed by atoms with Gasteiger partial charge in [0.05, 0.1) is 12.7 Å². The van der Waals surface area contributed by atoms with E-state index in [2.05, 4.69) is 9.72 Å². The lowest BCUT2D eigenvalue weighted by Gasteiger charge is -2.12. The summed E-state index contributed by atoms with van der Waals surface area (Å²) in [7, 11) is 0.914. The Hall–Kier alpha value is -1.60. The molecule has 16 heavy (non-hydrogen) atoms. The Kier molecular flexibility index (Phi) is 3.20. The smallest absolute Gasteiger partial charge is 0.433 e. The number of pyridine rings is 1. The number of ether oxygens (including phenoxy) is 1. The first-order valence-corrected chi connectivity index (χ1v) is 3.90. The van der Waals surface area contributed by atoms with Gasteiger partial charge < -0.3 is 9.84 Å². The van der Waals surface area contributed by atoms with E-state index < -0.39 is 35.5 Å². The van der Waals surface area contributed by atoms with Gasteiger partial charge in [-0.15, -0.1) is 0 Å². The van der Waals surface area contributed by atoms with Crippen molar-refractivity contribution in [3.63, 3.8) is 0 Å². The van der Waals surface area contributed by atoms with Gasteiger partial charge in [-0.2, -0.15) is 13.2 Å². The summed E-state index contributed by atoms with van der Waals surface area (Å²) in [5.41, 5.74) is -2.71. The van der Waals surface area contributed by atoms with Gasteiger partial charge in [0.1, 0.15) is 5.69 Å². The van der Waals surface area contributed by atoms with Crippen LogP contribution in [0.15, 0.2) is 6.07 Å². The topological polar surface area (TPSA) is 42.4 Å². The van der Waals surface area contributed by atoms with Crippen LogP contribution >= 0.6 is 0 Å². The minimum absolute atomic E-state index is 0.0858. The van der Waals surface area contributed by atoms with Crippen molar-refractivity contribution >= 4 is 0 Å². The van der Waals surface area contributed by atoms with Gasteiger partial charge in [0.2, 0.25) is 0 Å². The first-order chi connectivity index (χ1) is 7.27. The van der Waals surface area contributed by atoms with E-state index in [1.54, 1.807) is 0 Å². The molecule has 1 aromatic heterocycles. The van der Waals surface area contributed by atoms with E-state index in [0.717, 1.165) is 7.11 Å². The lowest BCUT2D eigenvalue weighted by atomic mass is 10.2. The van der Waals surface area contributed by atoms with E-state index >= 15 is 0 Å². The molecule has 0 radical (unpaired) electrons. The molecule has 0 spiro atoms. The Labute approximate surface area is 86.5 Å². The molecule has 0 aliphatic carbocycles. The van der Waals surface area contributed by atoms with E-state index in [0.29, 0.717) is 0 Å². The maximum absolute atomic E-state index is 12.3. The first kappa shape index (κ1) is 12.5. The van der Waals surface area contributed by atoms with Crippen LogP contribution in [0.4, 0.5) is 22.0 Å². The largest absolute Gasteiger partial charge is 0.503 e. The molecule has 8 heteroatoms. The molecule has 0 saturated carbocycles. The lowest BCUT2D eigenvalue weighted by molar-refractivity contribution is -0.141. The van der Waals surface area contributed by atoms with Crippen molar-refractivity contribution in [2.45, 2.75) is 12.6 Å². The van der Waals surface area contributed by atoms with Gasteiger partial charge in [0, 0.05) is 0 Å². The fraction of sp³-hybridized carbons (Fsp3) is 0.375. The fourth-order valence-corrected chi connectivity index (χ4v) is 0.988. The van der Waals surface area contributed by atoms with Crippen LogP contribution in [-0.2, 0) is 6.18 Å². The number of alkyl halides is 5. The van der Waals surface area contributed by atoms with Crippen molar-refractivity contribution in [3.8, 4) is 11.6 Å². The third kappa shape index (κ3) is 2.31. The molecule has 1 rings (SSSR count). The van der Waals surface area contributed by atoms with Gasteiger partial charge in [-0.3, -0.25) is 0 Å². The third-order valence-electron chi connectivity index (χ3n) is 1.71. The molecular weight excluding hydrogens is 237 g/mol. The van der Waals surface area contributed by atoms with Gasteiger partial charge in [-0.25, -0.2) is 13.8 Å². The summed E-state index contributed by atoms with van der Waals surface area (Å²) in [4.78, 5) is 2.87. The summed E-state index contributed by atoms with van der Waals surface area (Å²) < 4.78 is 65.6. The van der Waals surface area contributed by atoms with Crippen LogP contribution in [0.5, 0.6) is 11.6 Å². The zero-order valence-corrected chi connectivity index (χ0v) is 7.85. The van der Waals surface area contributed by atoms with Crippen molar-refractivity contribution in [1.29, 1.82) is 0 Å². The highest BCUT2D eigenvalue weighted by Crippen LogP contribution is 2.39. The van der Waals surface area contributed by atoms with Gasteiger partial charge in [-0.05, 0) is 6.07 Å². The van der Waals surface area contributed by atoms with Crippen molar-refractivity contribution in [2.75, 3.05) is 7.11 Å². The van der Waals surface area contributed by atoms with Crippen molar-refractivity contribution in [1.82, 2.24) is 4.98 Å². The fourth-order valence-electron chi connectivity index (χ4n) is 0.988. The zero-order valence-electron chi connectivity index (χ0n) is 7.85. The van der Waals surface area contributed by atoms with Crippen LogP contribution in [-0.4, -0.2) is 17.2 Å². The summed E-state index contributed by atoms with van der Waals surface area (Å²) in [6.07, 6.45) is -8.14. The summed E-state index contributed by atoms with van der Waals surface area (Å²) >= 11 is 0. The third-order valence-corrected chi connectivity index (χ3v) is 1.71. The lowest BCUT2D eigenvalue weighted by Crippen LogP contribution is -2.10. The number of hydrogen-bond acceptors (Lipinski definition) is 3. The number of halogens is 5. The molecule has 0 saturated heterocycles. The molecule has 0 amide bonds. The minimum atomic E-state index is -4.88. The van der Waals surface area contributed by atoms with Crippen LogP contribution in [0.25, 0.3) is 0 Å². The molecule has 3 nitrogen and oxygen atoms in total. The van der Waals surface area contributed by atoms with Gasteiger partial charge in [0.15, 0.2) is 5.75 Å². The predicted octanol–water partition coefficient (Wildman–Crippen LogP) is 2.75. The van der Waals surface area contributed by atoms with E-state index in [4.69, 9.17) is 5.11 Å². The Morgan fingerprint density at radius 3 is 2.31 bits per heavy atom. The molecule has 0 bridgehead atoms. The van der Waals surface area contributed by atoms with E-state index in [9.17, 15) is 22.0 Å². The SMILES string of the molecule is COc1nc(C(F)(F)F)cc(C(F)F)c1O. The second-order valence-corrected chi connectivity index (χ2v) is 2.75. The maximum atomic E-state index is 12.3. The summed E-state index contributed by atoms with van der Waals surface area (Å²) in [6.45, 7) is 0. The van der Waals surface area contributed by atoms with Crippen molar-refractivity contribution in [3.05, 3.63) is 17.3 Å². The molecule has 0 fully saturated rings. The second kappa shape index (κ2) is 4.11. The standard InChI is InChI=1S/C8H6F5NO2/c1-16-7-5(15)3(6(9)10)2-4(14-7)8(11,12)13/h2,6,15H,1H3. The number of rotatable bonds is 2. The van der Waals surface area contributed by atoms with Crippen molar-refractivity contribution in [2.24, 2.45) is 0 Å². The molecule has 1 N–H and O–H groups in total. The van der Waals surface area contributed by atoms with E-state index in [1.807, 2.05) is 0 Å². The number of nitrogens with zero attached hydrogens (tertiary/aromatic N) is 1. The summed E-state index contributed by atoms with van der Waals surface area (Å²) in [6, 6.07) is 0.0858. The van der Waals surface area contributed by atoms with Crippen LogP contribution in [0.2, 0.25) is 0 Å². The predicted molar refractivity (Wildman–Crippen MR) is 42.4 cm³/mol. The van der Waals surface area contributed by atoms with Crippen LogP contribution < -0.4 is 4.74 Å². The number of hydrogen-bond donors (Lipinski definition) is 1. The Bertz CT molecular complexity index is 391. The molecule has 1 heterocycles.